The van der Waals surface area contributed by atoms with Crippen LogP contribution >= 0.6 is 50.9 Å². The van der Waals surface area contributed by atoms with Gasteiger partial charge in [0.2, 0.25) is 0 Å². The van der Waals surface area contributed by atoms with Crippen LogP contribution in [0.25, 0.3) is 6.08 Å². The topological polar surface area (TPSA) is 73.9 Å². The molecule has 0 unspecified atom stereocenters. The van der Waals surface area contributed by atoms with Crippen LogP contribution in [0.3, 0.4) is 0 Å². The number of thioether (sulfide) groups is 1. The number of hydrogen-bond donors (Lipinski definition) is 1. The van der Waals surface area contributed by atoms with E-state index in [1.54, 1.807) is 18.2 Å². The van der Waals surface area contributed by atoms with Crippen molar-refractivity contribution in [2.24, 2.45) is 10.7 Å². The molecule has 0 spiro atoms. The second kappa shape index (κ2) is 9.01. The Bertz CT molecular complexity index is 910. The average molecular weight is 488 g/mol. The molecule has 0 bridgehead atoms. The number of hydrogen-bond acceptors (Lipinski definition) is 5. The lowest BCUT2D eigenvalue weighted by Crippen LogP contribution is -2.09. The van der Waals surface area contributed by atoms with Crippen molar-refractivity contribution in [3.63, 3.8) is 0 Å². The molecule has 1 heterocycles. The van der Waals surface area contributed by atoms with Crippen molar-refractivity contribution in [3.05, 3.63) is 61.4 Å². The standard InChI is InChI=1S/C18H13BrCl2N2O3S/c19-11-1-3-12(4-2-11)25-5-6-26-16-13(20)7-10(8-14(16)21)9-15-17(24)23-18(22)27-15/h1-4,7-9H,5-6H2,(H2,22,23,24)/b15-9+. The van der Waals surface area contributed by atoms with E-state index in [0.717, 1.165) is 22.0 Å². The van der Waals surface area contributed by atoms with Gasteiger partial charge in [0.1, 0.15) is 19.0 Å². The summed E-state index contributed by atoms with van der Waals surface area (Å²) in [6.07, 6.45) is 1.63. The molecule has 1 aliphatic heterocycles. The Kier molecular flexibility index (Phi) is 6.70. The first-order valence-electron chi connectivity index (χ1n) is 7.70. The van der Waals surface area contributed by atoms with Crippen LogP contribution in [-0.2, 0) is 4.79 Å². The second-order valence-electron chi connectivity index (χ2n) is 5.33. The number of carbonyl (C=O) groups excluding carboxylic acids is 1. The van der Waals surface area contributed by atoms with Crippen LogP contribution in [0.1, 0.15) is 5.56 Å². The Labute approximate surface area is 178 Å². The molecule has 0 fully saturated rings. The maximum Gasteiger partial charge on any atom is 0.286 e. The van der Waals surface area contributed by atoms with Gasteiger partial charge < -0.3 is 15.2 Å². The maximum atomic E-state index is 11.7. The Morgan fingerprint density at radius 3 is 2.33 bits per heavy atom. The highest BCUT2D eigenvalue weighted by Gasteiger charge is 2.20. The number of aliphatic imine (C=N–C) groups is 1. The largest absolute Gasteiger partial charge is 0.490 e. The molecule has 0 atom stereocenters. The summed E-state index contributed by atoms with van der Waals surface area (Å²) in [7, 11) is 0. The summed E-state index contributed by atoms with van der Waals surface area (Å²) in [6.45, 7) is 0.608. The quantitative estimate of drug-likeness (QED) is 0.450. The zero-order valence-corrected chi connectivity index (χ0v) is 17.7. The maximum absolute atomic E-state index is 11.7. The zero-order chi connectivity index (χ0) is 19.4. The van der Waals surface area contributed by atoms with Gasteiger partial charge in [-0.05, 0) is 59.8 Å². The van der Waals surface area contributed by atoms with Crippen LogP contribution in [-0.4, -0.2) is 24.3 Å². The van der Waals surface area contributed by atoms with Crippen molar-refractivity contribution < 1.29 is 14.3 Å². The lowest BCUT2D eigenvalue weighted by molar-refractivity contribution is -0.113. The molecule has 1 aliphatic rings. The number of halogens is 3. The van der Waals surface area contributed by atoms with E-state index in [9.17, 15) is 4.79 Å². The van der Waals surface area contributed by atoms with Gasteiger partial charge in [0.25, 0.3) is 5.91 Å². The van der Waals surface area contributed by atoms with Crippen LogP contribution in [0.5, 0.6) is 11.5 Å². The van der Waals surface area contributed by atoms with E-state index < -0.39 is 0 Å². The first kappa shape index (κ1) is 20.1. The van der Waals surface area contributed by atoms with Gasteiger partial charge in [-0.3, -0.25) is 4.79 Å². The molecule has 2 aromatic rings. The van der Waals surface area contributed by atoms with E-state index in [4.69, 9.17) is 38.4 Å². The number of nitrogens with zero attached hydrogens (tertiary/aromatic N) is 1. The number of rotatable bonds is 6. The molecule has 0 aliphatic carbocycles. The molecule has 9 heteroatoms. The third-order valence-corrected chi connectivity index (χ3v) is 5.27. The number of nitrogens with two attached hydrogens (primary N) is 1. The fourth-order valence-corrected chi connectivity index (χ4v) is 3.77. The van der Waals surface area contributed by atoms with Gasteiger partial charge in [-0.1, -0.05) is 39.1 Å². The number of carbonyl (C=O) groups is 1. The SMILES string of the molecule is NC1=NC(=O)/C(=C\c2cc(Cl)c(OCCOc3ccc(Br)cc3)c(Cl)c2)S1. The van der Waals surface area contributed by atoms with Gasteiger partial charge in [0, 0.05) is 4.47 Å². The minimum atomic E-state index is -0.379. The monoisotopic (exact) mass is 486 g/mol. The summed E-state index contributed by atoms with van der Waals surface area (Å²) in [5.41, 5.74) is 6.19. The molecule has 0 saturated carbocycles. The minimum absolute atomic E-state index is 0.217. The molecule has 2 aromatic carbocycles. The summed E-state index contributed by atoms with van der Waals surface area (Å²) in [6, 6.07) is 10.8. The van der Waals surface area contributed by atoms with Crippen LogP contribution in [0, 0.1) is 0 Å². The average Bonchev–Trinajstić information content (AvgIpc) is 2.92. The van der Waals surface area contributed by atoms with Crippen LogP contribution in [0.2, 0.25) is 10.0 Å². The molecular formula is C18H13BrCl2N2O3S. The molecule has 3 rings (SSSR count). The summed E-state index contributed by atoms with van der Waals surface area (Å²) in [4.78, 5) is 15.7. The molecule has 0 aromatic heterocycles. The van der Waals surface area contributed by atoms with Crippen molar-refractivity contribution in [3.8, 4) is 11.5 Å². The van der Waals surface area contributed by atoms with Crippen molar-refractivity contribution in [2.75, 3.05) is 13.2 Å². The van der Waals surface area contributed by atoms with Gasteiger partial charge in [-0.15, -0.1) is 0 Å². The van der Waals surface area contributed by atoms with Gasteiger partial charge in [0.15, 0.2) is 10.9 Å². The van der Waals surface area contributed by atoms with E-state index in [2.05, 4.69) is 20.9 Å². The van der Waals surface area contributed by atoms with Crippen LogP contribution < -0.4 is 15.2 Å². The van der Waals surface area contributed by atoms with Crippen molar-refractivity contribution >= 4 is 68.0 Å². The van der Waals surface area contributed by atoms with E-state index in [1.807, 2.05) is 24.3 Å². The van der Waals surface area contributed by atoms with Gasteiger partial charge in [-0.2, -0.15) is 4.99 Å². The fourth-order valence-electron chi connectivity index (χ4n) is 2.21. The third kappa shape index (κ3) is 5.42. The van der Waals surface area contributed by atoms with E-state index in [0.29, 0.717) is 32.9 Å². The predicted molar refractivity (Wildman–Crippen MR) is 114 cm³/mol. The first-order valence-corrected chi connectivity index (χ1v) is 10.1. The molecule has 5 nitrogen and oxygen atoms in total. The fraction of sp³-hybridized carbons (Fsp3) is 0.111. The highest BCUT2D eigenvalue weighted by molar-refractivity contribution is 9.10. The number of amidine groups is 1. The highest BCUT2D eigenvalue weighted by Crippen LogP contribution is 2.36. The normalized spacial score (nSPS) is 15.1. The van der Waals surface area contributed by atoms with Crippen molar-refractivity contribution in [2.45, 2.75) is 0 Å². The Morgan fingerprint density at radius 2 is 1.74 bits per heavy atom. The third-order valence-electron chi connectivity index (χ3n) is 3.37. The zero-order valence-electron chi connectivity index (χ0n) is 13.7. The summed E-state index contributed by atoms with van der Waals surface area (Å²) >= 11 is 17.0. The Hall–Kier alpha value is -1.67. The molecule has 1 amide bonds. The van der Waals surface area contributed by atoms with Gasteiger partial charge in [-0.25, -0.2) is 0 Å². The molecule has 2 N–H and O–H groups in total. The summed E-state index contributed by atoms with van der Waals surface area (Å²) in [5.74, 6) is 0.720. The highest BCUT2D eigenvalue weighted by atomic mass is 79.9. The van der Waals surface area contributed by atoms with Gasteiger partial charge >= 0.3 is 0 Å². The van der Waals surface area contributed by atoms with E-state index in [1.165, 1.54) is 0 Å². The minimum Gasteiger partial charge on any atom is -0.490 e. The van der Waals surface area contributed by atoms with Crippen molar-refractivity contribution in [1.29, 1.82) is 0 Å². The Balaban J connectivity index is 1.61. The van der Waals surface area contributed by atoms with E-state index in [-0.39, 0.29) is 17.7 Å². The molecule has 0 radical (unpaired) electrons. The molecular weight excluding hydrogens is 475 g/mol. The number of amides is 1. The first-order chi connectivity index (χ1) is 12.9. The van der Waals surface area contributed by atoms with E-state index >= 15 is 0 Å². The van der Waals surface area contributed by atoms with Crippen LogP contribution in [0.15, 0.2) is 50.8 Å². The molecule has 140 valence electrons. The van der Waals surface area contributed by atoms with Crippen molar-refractivity contribution in [1.82, 2.24) is 0 Å². The number of ether oxygens (including phenoxy) is 2. The predicted octanol–water partition coefficient (Wildman–Crippen LogP) is 5.14. The Morgan fingerprint density at radius 1 is 1.11 bits per heavy atom. The van der Waals surface area contributed by atoms with Crippen LogP contribution in [0.4, 0.5) is 0 Å². The second-order valence-corrected chi connectivity index (χ2v) is 8.12. The smallest absolute Gasteiger partial charge is 0.286 e. The molecule has 27 heavy (non-hydrogen) atoms. The lowest BCUT2D eigenvalue weighted by Gasteiger charge is -2.12. The summed E-state index contributed by atoms with van der Waals surface area (Å²) < 4.78 is 12.2. The molecule has 0 saturated heterocycles. The summed E-state index contributed by atoms with van der Waals surface area (Å²) in [5, 5.41) is 0.888. The number of benzene rings is 2. The lowest BCUT2D eigenvalue weighted by atomic mass is 10.2. The van der Waals surface area contributed by atoms with Gasteiger partial charge in [0.05, 0.1) is 15.0 Å².